The van der Waals surface area contributed by atoms with E-state index in [-0.39, 0.29) is 50.9 Å². The number of aliphatic hydroxyl groups excluding tert-OH is 1. The number of unbranched alkanes of at least 4 members (excludes halogenated alkanes) is 8. The number of hydrogen-bond acceptors (Lipinski definition) is 10. The second-order valence-corrected chi connectivity index (χ2v) is 22.3. The summed E-state index contributed by atoms with van der Waals surface area (Å²) < 4.78 is 154. The molecule has 0 aliphatic heterocycles. The number of alkyl halides is 10. The highest BCUT2D eigenvalue weighted by atomic mass is 28.4. The largest absolute Gasteiger partial charge is 0.465 e. The molecule has 0 heterocycles. The summed E-state index contributed by atoms with van der Waals surface area (Å²) in [6.45, 7) is 17.3. The molecule has 0 unspecified atom stereocenters. The number of halogens is 10. The Bertz CT molecular complexity index is 1330. The Morgan fingerprint density at radius 2 is 0.708 bits per heavy atom. The van der Waals surface area contributed by atoms with Crippen LogP contribution < -0.4 is 0 Å². The Kier molecular flexibility index (Phi) is 29.7. The lowest BCUT2D eigenvalue weighted by molar-refractivity contribution is -0.285. The van der Waals surface area contributed by atoms with Crippen molar-refractivity contribution in [2.24, 2.45) is 10.8 Å². The van der Waals surface area contributed by atoms with E-state index in [9.17, 15) is 63.1 Å². The van der Waals surface area contributed by atoms with Gasteiger partial charge in [0.1, 0.15) is 0 Å². The quantitative estimate of drug-likeness (QED) is 0.0173. The monoisotopic (exact) mass is 983 g/mol. The van der Waals surface area contributed by atoms with E-state index in [1.54, 1.807) is 0 Å². The first kappa shape index (κ1) is 64.4. The van der Waals surface area contributed by atoms with Gasteiger partial charge in [-0.15, -0.1) is 0 Å². The smallest absolute Gasteiger partial charge is 0.453 e. The fourth-order valence-electron chi connectivity index (χ4n) is 6.49. The van der Waals surface area contributed by atoms with Gasteiger partial charge < -0.3 is 28.5 Å². The number of rotatable bonds is 32. The number of hydrogen-bond donors (Lipinski definition) is 1. The number of carbonyl (C=O) groups is 4. The van der Waals surface area contributed by atoms with E-state index in [1.807, 2.05) is 0 Å². The van der Waals surface area contributed by atoms with Crippen LogP contribution in [0.5, 0.6) is 0 Å². The van der Waals surface area contributed by atoms with Gasteiger partial charge in [-0.3, -0.25) is 19.2 Å². The highest BCUT2D eigenvalue weighted by Gasteiger charge is 2.59. The normalized spacial score (nSPS) is 13.2. The molecular formula is C44H76F10O10Si. The lowest BCUT2D eigenvalue weighted by Gasteiger charge is -2.36. The average molecular weight is 983 g/mol. The minimum absolute atomic E-state index is 0.0390. The number of ether oxygens (including phenoxy) is 4. The summed E-state index contributed by atoms with van der Waals surface area (Å²) in [6.07, 6.45) is -10.4. The van der Waals surface area contributed by atoms with Crippen LogP contribution in [0.4, 0.5) is 43.9 Å². The summed E-state index contributed by atoms with van der Waals surface area (Å²) in [5, 5.41) is 8.90. The molecule has 0 aliphatic rings. The van der Waals surface area contributed by atoms with Gasteiger partial charge in [0.15, 0.2) is 19.1 Å². The number of carbonyl (C=O) groups excluding carboxylic acids is 4. The fraction of sp³-hybridized carbons (Fsp3) is 0.909. The van der Waals surface area contributed by atoms with Crippen molar-refractivity contribution in [1.82, 2.24) is 0 Å². The molecule has 21 heteroatoms. The van der Waals surface area contributed by atoms with Crippen molar-refractivity contribution in [3.05, 3.63) is 0 Å². The van der Waals surface area contributed by atoms with Gasteiger partial charge in [-0.25, -0.2) is 0 Å². The first-order valence-corrected chi connectivity index (χ1v) is 25.6. The summed E-state index contributed by atoms with van der Waals surface area (Å²) in [5.74, 6) is -13.6. The van der Waals surface area contributed by atoms with Gasteiger partial charge in [0.25, 0.3) is 0 Å². The zero-order valence-electron chi connectivity index (χ0n) is 39.9. The van der Waals surface area contributed by atoms with Gasteiger partial charge in [0.05, 0.1) is 26.4 Å². The van der Waals surface area contributed by atoms with Crippen LogP contribution in [0.2, 0.25) is 18.1 Å². The fourth-order valence-corrected chi connectivity index (χ4v) is 7.58. The van der Waals surface area contributed by atoms with Gasteiger partial charge >= 0.3 is 48.1 Å². The van der Waals surface area contributed by atoms with Gasteiger partial charge in [0.2, 0.25) is 0 Å². The Hall–Kier alpha value is -2.68. The lowest BCUT2D eigenvalue weighted by atomic mass is 9.77. The van der Waals surface area contributed by atoms with Crippen molar-refractivity contribution in [3.63, 3.8) is 0 Å². The summed E-state index contributed by atoms with van der Waals surface area (Å²) in [7, 11) is -1.81. The number of aliphatic hydroxyl groups is 1. The van der Waals surface area contributed by atoms with Crippen molar-refractivity contribution in [2.45, 2.75) is 206 Å². The first-order chi connectivity index (χ1) is 29.9. The van der Waals surface area contributed by atoms with Crippen LogP contribution >= 0.6 is 0 Å². The Labute approximate surface area is 380 Å². The molecule has 0 amide bonds. The van der Waals surface area contributed by atoms with E-state index in [4.69, 9.17) is 28.5 Å². The summed E-state index contributed by atoms with van der Waals surface area (Å²) >= 11 is 0. The zero-order valence-corrected chi connectivity index (χ0v) is 40.9. The first-order valence-electron chi connectivity index (χ1n) is 22.7. The van der Waals surface area contributed by atoms with E-state index in [1.165, 1.54) is 27.7 Å². The third-order valence-corrected chi connectivity index (χ3v) is 16.0. The molecule has 0 aromatic rings. The van der Waals surface area contributed by atoms with E-state index in [2.05, 4.69) is 33.9 Å². The van der Waals surface area contributed by atoms with Gasteiger partial charge in [-0.05, 0) is 97.2 Å². The standard InChI is InChI=1S/C25H45F5O5Si.C19H31F5O5/c1-8-33-20(31)23(21(32)34-9-2,17-15-18-24(26,27)25(28,29)30)16-13-11-10-12-14-19-35-36(6,7)22(3,4)5;1-3-28-15(26)17(16(27)29-4-2,11-8-6-5-7-9-14-25)12-10-13-18(20,21)19(22,23)24/h8-19H2,1-7H3;25H,3-14H2,1-2H3. The lowest BCUT2D eigenvalue weighted by Crippen LogP contribution is -2.43. The molecule has 10 nitrogen and oxygen atoms in total. The van der Waals surface area contributed by atoms with Crippen LogP contribution in [-0.2, 0) is 42.6 Å². The van der Waals surface area contributed by atoms with E-state index >= 15 is 0 Å². The molecule has 0 bridgehead atoms. The molecule has 0 rings (SSSR count). The van der Waals surface area contributed by atoms with Gasteiger partial charge in [-0.1, -0.05) is 72.1 Å². The van der Waals surface area contributed by atoms with Crippen LogP contribution in [0.1, 0.15) is 164 Å². The molecule has 0 saturated carbocycles. The van der Waals surface area contributed by atoms with E-state index in [0.29, 0.717) is 45.1 Å². The highest BCUT2D eigenvalue weighted by Crippen LogP contribution is 2.44. The molecule has 65 heavy (non-hydrogen) atoms. The van der Waals surface area contributed by atoms with Crippen LogP contribution in [0.25, 0.3) is 0 Å². The van der Waals surface area contributed by atoms with Gasteiger partial charge in [0, 0.05) is 26.1 Å². The Balaban J connectivity index is 0. The minimum Gasteiger partial charge on any atom is -0.465 e. The minimum atomic E-state index is -5.70. The van der Waals surface area contributed by atoms with Gasteiger partial charge in [-0.2, -0.15) is 43.9 Å². The molecule has 0 atom stereocenters. The average Bonchev–Trinajstić information content (AvgIpc) is 3.18. The SMILES string of the molecule is CCOC(=O)C(CCCCCCCO)(CCCC(F)(F)C(F)(F)F)C(=O)OCC.CCOC(=O)C(CCCCCCCO[Si](C)(C)C(C)(C)C)(CCCC(F)(F)C(F)(F)F)C(=O)OCC. The topological polar surface area (TPSA) is 135 Å². The maximum absolute atomic E-state index is 13.4. The van der Waals surface area contributed by atoms with Crippen LogP contribution in [0.3, 0.4) is 0 Å². The predicted molar refractivity (Wildman–Crippen MR) is 227 cm³/mol. The zero-order chi connectivity index (χ0) is 50.8. The molecule has 0 aliphatic carbocycles. The summed E-state index contributed by atoms with van der Waals surface area (Å²) in [5.41, 5.74) is -3.82. The molecular weight excluding hydrogens is 907 g/mol. The van der Waals surface area contributed by atoms with Crippen molar-refractivity contribution < 1.29 is 91.6 Å². The van der Waals surface area contributed by atoms with Crippen molar-refractivity contribution in [2.75, 3.05) is 39.6 Å². The van der Waals surface area contributed by atoms with E-state index < -0.39 is 106 Å². The Morgan fingerprint density at radius 3 is 0.985 bits per heavy atom. The molecule has 0 spiro atoms. The second-order valence-electron chi connectivity index (χ2n) is 17.5. The molecule has 0 fully saturated rings. The highest BCUT2D eigenvalue weighted by molar-refractivity contribution is 6.74. The number of esters is 4. The van der Waals surface area contributed by atoms with Crippen LogP contribution in [0.15, 0.2) is 0 Å². The van der Waals surface area contributed by atoms with Crippen molar-refractivity contribution in [3.8, 4) is 0 Å². The third-order valence-electron chi connectivity index (χ3n) is 11.5. The van der Waals surface area contributed by atoms with Crippen LogP contribution in [0, 0.1) is 10.8 Å². The molecule has 0 aromatic carbocycles. The molecule has 386 valence electrons. The summed E-state index contributed by atoms with van der Waals surface area (Å²) in [4.78, 5) is 50.6. The predicted octanol–water partition coefficient (Wildman–Crippen LogP) is 12.6. The van der Waals surface area contributed by atoms with E-state index in [0.717, 1.165) is 25.7 Å². The second kappa shape index (κ2) is 29.9. The van der Waals surface area contributed by atoms with Crippen molar-refractivity contribution >= 4 is 32.2 Å². The van der Waals surface area contributed by atoms with Crippen molar-refractivity contribution in [1.29, 1.82) is 0 Å². The van der Waals surface area contributed by atoms with Crippen LogP contribution in [-0.4, -0.2) is 101 Å². The molecule has 0 aromatic heterocycles. The maximum Gasteiger partial charge on any atom is 0.453 e. The molecule has 0 saturated heterocycles. The maximum atomic E-state index is 13.4. The molecule has 1 N–H and O–H groups in total. The Morgan fingerprint density at radius 1 is 0.431 bits per heavy atom. The third kappa shape index (κ3) is 22.3. The summed E-state index contributed by atoms with van der Waals surface area (Å²) in [6, 6.07) is 0. The molecule has 0 radical (unpaired) electrons.